The lowest BCUT2D eigenvalue weighted by atomic mass is 9.94. The predicted molar refractivity (Wildman–Crippen MR) is 136 cm³/mol. The van der Waals surface area contributed by atoms with Gasteiger partial charge in [0.25, 0.3) is 0 Å². The predicted octanol–water partition coefficient (Wildman–Crippen LogP) is -7.57. The van der Waals surface area contributed by atoms with Crippen LogP contribution in [0.2, 0.25) is 0 Å². The van der Waals surface area contributed by atoms with Crippen LogP contribution in [-0.2, 0) is 33.3 Å². The zero-order valence-corrected chi connectivity index (χ0v) is 22.8. The molecule has 0 aromatic carbocycles. The Morgan fingerprint density at radius 2 is 1.07 bits per heavy atom. The summed E-state index contributed by atoms with van der Waals surface area (Å²) in [5, 5.41) is 95.7. The van der Waals surface area contributed by atoms with E-state index >= 15 is 0 Å². The monoisotopic (exact) mass is 631 g/mol. The molecule has 20 heteroatoms. The van der Waals surface area contributed by atoms with Crippen molar-refractivity contribution in [2.24, 2.45) is 17.2 Å². The summed E-state index contributed by atoms with van der Waals surface area (Å²) < 4.78 is 27.4. The van der Waals surface area contributed by atoms with Gasteiger partial charge >= 0.3 is 11.9 Å². The molecule has 3 fully saturated rings. The lowest BCUT2D eigenvalue weighted by molar-refractivity contribution is -0.348. The molecule has 0 aromatic heterocycles. The molecule has 15 atom stereocenters. The highest BCUT2D eigenvalue weighted by Gasteiger charge is 2.52. The van der Waals surface area contributed by atoms with Crippen molar-refractivity contribution in [3.05, 3.63) is 12.2 Å². The van der Waals surface area contributed by atoms with E-state index in [1.807, 2.05) is 0 Å². The first kappa shape index (κ1) is 37.2. The molecule has 3 heterocycles. The molecule has 3 aliphatic rings. The van der Waals surface area contributed by atoms with E-state index < -0.39 is 130 Å². The summed E-state index contributed by atoms with van der Waals surface area (Å²) in [7, 11) is 0. The molecule has 3 saturated heterocycles. The van der Waals surface area contributed by atoms with E-state index in [0.29, 0.717) is 0 Å². The average molecular weight is 632 g/mol. The molecule has 3 rings (SSSR count). The van der Waals surface area contributed by atoms with E-state index in [4.69, 9.17) is 51.1 Å². The van der Waals surface area contributed by atoms with Crippen molar-refractivity contribution in [3.63, 3.8) is 0 Å². The normalized spacial score (nSPS) is 43.3. The maximum Gasteiger partial charge on any atom is 0.331 e. The molecule has 0 saturated carbocycles. The summed E-state index contributed by atoms with van der Waals surface area (Å²) in [5.74, 6) is -2.44. The van der Waals surface area contributed by atoms with Crippen LogP contribution in [0.15, 0.2) is 12.2 Å². The minimum Gasteiger partial charge on any atom is -0.481 e. The Kier molecular flexibility index (Phi) is 14.2. The quantitative estimate of drug-likeness (QED) is 0.0995. The fourth-order valence-electron chi connectivity index (χ4n) is 4.44. The summed E-state index contributed by atoms with van der Waals surface area (Å²) >= 11 is 0. The van der Waals surface area contributed by atoms with Crippen molar-refractivity contribution < 1.29 is 84.3 Å². The number of hydrogen-bond donors (Lipinski definition) is 13. The van der Waals surface area contributed by atoms with Gasteiger partial charge in [-0.1, -0.05) is 6.58 Å². The molecule has 16 N–H and O–H groups in total. The van der Waals surface area contributed by atoms with Crippen LogP contribution in [0.25, 0.3) is 0 Å². The van der Waals surface area contributed by atoms with Gasteiger partial charge in [-0.25, -0.2) is 4.79 Å². The third-order valence-electron chi connectivity index (χ3n) is 7.00. The number of aliphatic hydroxyl groups excluding tert-OH is 8. The second-order valence-electron chi connectivity index (χ2n) is 10.1. The molecule has 0 amide bonds. The van der Waals surface area contributed by atoms with Crippen LogP contribution in [0.3, 0.4) is 0 Å². The Morgan fingerprint density at radius 1 is 0.651 bits per heavy atom. The number of rotatable bonds is 10. The van der Waals surface area contributed by atoms with Gasteiger partial charge in [-0.05, 0) is 0 Å². The highest BCUT2D eigenvalue weighted by molar-refractivity contribution is 5.91. The van der Waals surface area contributed by atoms with E-state index in [2.05, 4.69) is 6.58 Å². The molecule has 250 valence electrons. The van der Waals surface area contributed by atoms with E-state index in [1.165, 1.54) is 0 Å². The van der Waals surface area contributed by atoms with E-state index in [0.717, 1.165) is 0 Å². The van der Waals surface area contributed by atoms with Crippen molar-refractivity contribution in [1.29, 1.82) is 0 Å². The maximum absolute atomic E-state index is 10.8. The minimum atomic E-state index is -1.56. The summed E-state index contributed by atoms with van der Waals surface area (Å²) in [6.45, 7) is 1.01. The fraction of sp³-hybridized carbons (Fsp3) is 0.826. The highest BCUT2D eigenvalue weighted by Crippen LogP contribution is 2.31. The van der Waals surface area contributed by atoms with Gasteiger partial charge in [-0.15, -0.1) is 0 Å². The number of carboxylic acid groups (broad SMARTS) is 2. The first-order valence-electron chi connectivity index (χ1n) is 13.0. The zero-order valence-electron chi connectivity index (χ0n) is 22.8. The molecule has 2 unspecified atom stereocenters. The lowest BCUT2D eigenvalue weighted by Crippen LogP contribution is -2.69. The van der Waals surface area contributed by atoms with Crippen molar-refractivity contribution in [1.82, 2.24) is 0 Å². The average Bonchev–Trinajstić information content (AvgIpc) is 2.96. The zero-order chi connectivity index (χ0) is 32.8. The van der Waals surface area contributed by atoms with Crippen LogP contribution in [0.4, 0.5) is 0 Å². The van der Waals surface area contributed by atoms with Crippen LogP contribution in [0.1, 0.15) is 6.42 Å². The minimum absolute atomic E-state index is 0.303. The number of aliphatic hydroxyl groups is 8. The van der Waals surface area contributed by atoms with Crippen molar-refractivity contribution in [2.45, 2.75) is 98.4 Å². The third kappa shape index (κ3) is 9.04. The first-order chi connectivity index (χ1) is 20.1. The van der Waals surface area contributed by atoms with Gasteiger partial charge < -0.3 is 92.0 Å². The summed E-state index contributed by atoms with van der Waals surface area (Å²) in [6, 6.07) is -3.87. The molecule has 0 bridgehead atoms. The second kappa shape index (κ2) is 16.4. The van der Waals surface area contributed by atoms with Crippen LogP contribution in [0.5, 0.6) is 0 Å². The summed E-state index contributed by atoms with van der Waals surface area (Å²) in [6.07, 6.45) is -17.3. The van der Waals surface area contributed by atoms with Gasteiger partial charge in [0, 0.05) is 5.57 Å². The first-order valence-corrected chi connectivity index (χ1v) is 13.0. The van der Waals surface area contributed by atoms with E-state index in [-0.39, 0.29) is 5.57 Å². The Bertz CT molecular complexity index is 926. The van der Waals surface area contributed by atoms with Crippen LogP contribution in [0, 0.1) is 0 Å². The molecule has 0 aliphatic carbocycles. The molecule has 43 heavy (non-hydrogen) atoms. The van der Waals surface area contributed by atoms with Gasteiger partial charge in [0.05, 0.1) is 44.4 Å². The van der Waals surface area contributed by atoms with Gasteiger partial charge in [0.1, 0.15) is 54.9 Å². The number of hydrogen-bond acceptors (Lipinski definition) is 18. The molecular formula is C23H41N3O17. The molecule has 0 radical (unpaired) electrons. The third-order valence-corrected chi connectivity index (χ3v) is 7.00. The van der Waals surface area contributed by atoms with E-state index in [1.54, 1.807) is 0 Å². The summed E-state index contributed by atoms with van der Waals surface area (Å²) in [5.41, 5.74) is 17.3. The van der Waals surface area contributed by atoms with Gasteiger partial charge in [0.2, 0.25) is 0 Å². The largest absolute Gasteiger partial charge is 0.481 e. The summed E-state index contributed by atoms with van der Waals surface area (Å²) in [4.78, 5) is 19.7. The molecule has 3 aliphatic heterocycles. The molecular weight excluding hydrogens is 590 g/mol. The fourth-order valence-corrected chi connectivity index (χ4v) is 4.44. The Morgan fingerprint density at radius 3 is 1.49 bits per heavy atom. The Labute approximate surface area is 244 Å². The molecule has 0 spiro atoms. The number of aliphatic carboxylic acids is 2. The Hall–Kier alpha value is -1.96. The van der Waals surface area contributed by atoms with Gasteiger partial charge in [-0.3, -0.25) is 4.79 Å². The smallest absolute Gasteiger partial charge is 0.331 e. The standard InChI is InChI=1S/C18H35N3O13.C5H6O4/c19-7-12(27)14(5(2-23)30-16(7)29)33-18-9(21)13(28)15(6(3-24)32-18)34-17-8(20)11(26)10(25)4(1-22)31-17;1-3(5(8)9)2-4(6)7/h4-18,22-29H,1-3,19-21H2;1-2H2,(H,6,7)(H,8,9)/t4-,5-,6-,7-,8-,9-,10-,11-,12-,13-,14?,15?,16-,17+,18+;/m1./s1. The highest BCUT2D eigenvalue weighted by atomic mass is 16.7. The van der Waals surface area contributed by atoms with E-state index in [9.17, 15) is 50.4 Å². The SMILES string of the molecule is C=C(CC(=O)O)C(=O)O.N[C@H]1[C@H](OC2[C@@H](CO)O[C@@H](OC3[C@@H](CO)O[C@@H](O)[C@H](N)[C@H]3O)[C@H](N)[C@H]2O)O[C@H](CO)[C@@H](O)[C@@H]1O. The Balaban J connectivity index is 0.000000621. The topological polar surface area (TPSA) is 361 Å². The lowest BCUT2D eigenvalue weighted by Gasteiger charge is -2.48. The van der Waals surface area contributed by atoms with Crippen LogP contribution in [-0.4, -0.2) is 175 Å². The maximum atomic E-state index is 10.8. The van der Waals surface area contributed by atoms with Crippen molar-refractivity contribution in [3.8, 4) is 0 Å². The van der Waals surface area contributed by atoms with Crippen molar-refractivity contribution in [2.75, 3.05) is 19.8 Å². The van der Waals surface area contributed by atoms with Crippen LogP contribution < -0.4 is 17.2 Å². The number of nitrogens with two attached hydrogens (primary N) is 3. The number of carbonyl (C=O) groups is 2. The van der Waals surface area contributed by atoms with Gasteiger partial charge in [0.15, 0.2) is 18.9 Å². The number of carboxylic acids is 2. The van der Waals surface area contributed by atoms with Crippen LogP contribution >= 0.6 is 0 Å². The van der Waals surface area contributed by atoms with Gasteiger partial charge in [-0.2, -0.15) is 0 Å². The molecule has 0 aromatic rings. The second-order valence-corrected chi connectivity index (χ2v) is 10.1. The number of ether oxygens (including phenoxy) is 5. The molecule has 20 nitrogen and oxygen atoms in total. The van der Waals surface area contributed by atoms with Crippen molar-refractivity contribution >= 4 is 11.9 Å².